The van der Waals surface area contributed by atoms with Gasteiger partial charge in [0, 0.05) is 30.5 Å². The molecule has 1 unspecified atom stereocenters. The van der Waals surface area contributed by atoms with Gasteiger partial charge >= 0.3 is 5.97 Å². The second-order valence-corrected chi connectivity index (χ2v) is 9.85. The molecule has 29 heavy (non-hydrogen) atoms. The number of rotatable bonds is 4. The second kappa shape index (κ2) is 5.56. The summed E-state index contributed by atoms with van der Waals surface area (Å²) in [5.41, 5.74) is 0.517. The number of nitrogens with one attached hydrogen (secondary N) is 1. The SMILES string of the molecule is COC1=C(C)C(=O)O/C1=C1\O[C@@]23O[C@H]4C[C@@H]([C@H]2[C@@H]1C)N1CC[C@H]3[C@@]41CNC(C)C. The van der Waals surface area contributed by atoms with Gasteiger partial charge in [-0.1, -0.05) is 20.8 Å². The summed E-state index contributed by atoms with van der Waals surface area (Å²) in [6.07, 6.45) is 2.35. The van der Waals surface area contributed by atoms with Crippen molar-refractivity contribution < 1.29 is 23.7 Å². The van der Waals surface area contributed by atoms with Crippen LogP contribution in [0.5, 0.6) is 0 Å². The van der Waals surface area contributed by atoms with Crippen molar-refractivity contribution in [1.82, 2.24) is 10.2 Å². The molecule has 7 nitrogen and oxygen atoms in total. The molecule has 0 aliphatic carbocycles. The summed E-state index contributed by atoms with van der Waals surface area (Å²) in [7, 11) is 1.57. The van der Waals surface area contributed by atoms with Crippen molar-refractivity contribution in [3.63, 3.8) is 0 Å². The summed E-state index contributed by atoms with van der Waals surface area (Å²) in [4.78, 5) is 14.9. The molecule has 6 rings (SSSR count). The van der Waals surface area contributed by atoms with E-state index in [9.17, 15) is 4.79 Å². The number of cyclic esters (lactones) is 1. The van der Waals surface area contributed by atoms with Crippen LogP contribution in [0.15, 0.2) is 22.9 Å². The molecular weight excluding hydrogens is 372 g/mol. The van der Waals surface area contributed by atoms with E-state index in [4.69, 9.17) is 18.9 Å². The molecule has 5 saturated heterocycles. The zero-order valence-electron chi connectivity index (χ0n) is 17.8. The highest BCUT2D eigenvalue weighted by Gasteiger charge is 2.84. The third-order valence-corrected chi connectivity index (χ3v) is 8.39. The van der Waals surface area contributed by atoms with Gasteiger partial charge in [-0.25, -0.2) is 4.79 Å². The molecule has 0 amide bonds. The average Bonchev–Trinajstić information content (AvgIpc) is 3.38. The Bertz CT molecular complexity index is 865. The van der Waals surface area contributed by atoms with Gasteiger partial charge in [-0.2, -0.15) is 0 Å². The van der Waals surface area contributed by atoms with E-state index in [2.05, 4.69) is 31.0 Å². The van der Waals surface area contributed by atoms with Crippen molar-refractivity contribution in [2.45, 2.75) is 70.1 Å². The summed E-state index contributed by atoms with van der Waals surface area (Å²) in [5, 5.41) is 3.69. The summed E-state index contributed by atoms with van der Waals surface area (Å²) in [5.74, 6) is 1.39. The lowest BCUT2D eigenvalue weighted by molar-refractivity contribution is -0.255. The number of piperidine rings is 1. The normalized spacial score (nSPS) is 51.3. The summed E-state index contributed by atoms with van der Waals surface area (Å²) in [6, 6.07) is 0.885. The fourth-order valence-corrected chi connectivity index (χ4v) is 7.40. The van der Waals surface area contributed by atoms with Crippen molar-refractivity contribution in [3.05, 3.63) is 22.9 Å². The fraction of sp³-hybridized carbons (Fsp3) is 0.773. The molecule has 1 spiro atoms. The van der Waals surface area contributed by atoms with Gasteiger partial charge in [-0.15, -0.1) is 0 Å². The molecule has 5 fully saturated rings. The molecule has 6 aliphatic heterocycles. The number of allylic oxidation sites excluding steroid dienone is 1. The molecule has 6 aliphatic rings. The van der Waals surface area contributed by atoms with Gasteiger partial charge in [0.25, 0.3) is 0 Å². The van der Waals surface area contributed by atoms with Crippen molar-refractivity contribution in [2.24, 2.45) is 17.8 Å². The first kappa shape index (κ1) is 18.2. The first-order chi connectivity index (χ1) is 13.8. The van der Waals surface area contributed by atoms with Crippen molar-refractivity contribution >= 4 is 5.97 Å². The quantitative estimate of drug-likeness (QED) is 0.720. The molecule has 0 aromatic rings. The van der Waals surface area contributed by atoms with Crippen LogP contribution in [0.3, 0.4) is 0 Å². The predicted molar refractivity (Wildman–Crippen MR) is 103 cm³/mol. The highest BCUT2D eigenvalue weighted by atomic mass is 16.7. The van der Waals surface area contributed by atoms with Gasteiger partial charge in [-0.3, -0.25) is 4.90 Å². The van der Waals surface area contributed by atoms with Crippen LogP contribution in [0.25, 0.3) is 0 Å². The van der Waals surface area contributed by atoms with Crippen molar-refractivity contribution in [1.29, 1.82) is 0 Å². The number of hydrogen-bond acceptors (Lipinski definition) is 7. The molecule has 6 heterocycles. The van der Waals surface area contributed by atoms with Crippen LogP contribution in [-0.4, -0.2) is 60.6 Å². The first-order valence-corrected chi connectivity index (χ1v) is 10.9. The summed E-state index contributed by atoms with van der Waals surface area (Å²) >= 11 is 0. The number of carbonyl (C=O) groups excluding carboxylic acids is 1. The lowest BCUT2D eigenvalue weighted by Crippen LogP contribution is -2.64. The van der Waals surface area contributed by atoms with Crippen LogP contribution in [0.2, 0.25) is 0 Å². The van der Waals surface area contributed by atoms with Crippen LogP contribution in [-0.2, 0) is 23.7 Å². The molecule has 0 saturated carbocycles. The molecule has 0 radical (unpaired) electrons. The fourth-order valence-electron chi connectivity index (χ4n) is 7.40. The number of methoxy groups -OCH3 is 1. The Morgan fingerprint density at radius 2 is 2.17 bits per heavy atom. The maximum atomic E-state index is 12.2. The number of esters is 1. The van der Waals surface area contributed by atoms with Crippen molar-refractivity contribution in [3.8, 4) is 0 Å². The largest absolute Gasteiger partial charge is 0.492 e. The minimum absolute atomic E-state index is 0.0213. The van der Waals surface area contributed by atoms with Crippen LogP contribution >= 0.6 is 0 Å². The van der Waals surface area contributed by atoms with E-state index >= 15 is 0 Å². The Kier molecular flexibility index (Phi) is 3.49. The number of ether oxygens (including phenoxy) is 4. The van der Waals surface area contributed by atoms with Gasteiger partial charge in [-0.05, 0) is 26.3 Å². The Labute approximate surface area is 171 Å². The number of carbonyl (C=O) groups is 1. The van der Waals surface area contributed by atoms with Crippen LogP contribution in [0, 0.1) is 17.8 Å². The molecule has 5 bridgehead atoms. The Morgan fingerprint density at radius 3 is 2.90 bits per heavy atom. The average molecular weight is 402 g/mol. The lowest BCUT2D eigenvalue weighted by atomic mass is 9.71. The highest BCUT2D eigenvalue weighted by Crippen LogP contribution is 2.72. The van der Waals surface area contributed by atoms with Gasteiger partial charge < -0.3 is 24.3 Å². The minimum atomic E-state index is -0.608. The number of nitrogens with zero attached hydrogens (tertiary/aromatic N) is 1. The zero-order valence-corrected chi connectivity index (χ0v) is 17.8. The third kappa shape index (κ3) is 1.89. The smallest absolute Gasteiger partial charge is 0.343 e. The van der Waals surface area contributed by atoms with Gasteiger partial charge in [0.2, 0.25) is 11.5 Å². The molecule has 8 atom stereocenters. The monoisotopic (exact) mass is 402 g/mol. The van der Waals surface area contributed by atoms with Crippen molar-refractivity contribution in [2.75, 3.05) is 20.2 Å². The van der Waals surface area contributed by atoms with Gasteiger partial charge in [0.05, 0.1) is 30.2 Å². The minimum Gasteiger partial charge on any atom is -0.492 e. The third-order valence-electron chi connectivity index (χ3n) is 8.39. The highest BCUT2D eigenvalue weighted by molar-refractivity contribution is 5.93. The van der Waals surface area contributed by atoms with Crippen LogP contribution < -0.4 is 5.32 Å². The van der Waals surface area contributed by atoms with E-state index < -0.39 is 5.79 Å². The van der Waals surface area contributed by atoms with E-state index in [1.807, 2.05) is 0 Å². The Morgan fingerprint density at radius 1 is 1.38 bits per heavy atom. The Balaban J connectivity index is 1.44. The van der Waals surface area contributed by atoms with E-state index in [1.165, 1.54) is 0 Å². The second-order valence-electron chi connectivity index (χ2n) is 9.85. The maximum Gasteiger partial charge on any atom is 0.343 e. The molecule has 7 heteroatoms. The number of hydrogen-bond donors (Lipinski definition) is 1. The molecule has 0 aromatic heterocycles. The summed E-state index contributed by atoms with van der Waals surface area (Å²) < 4.78 is 24.6. The zero-order chi connectivity index (χ0) is 20.3. The maximum absolute atomic E-state index is 12.2. The standard InChI is InChI=1S/C22H30N2O5/c1-10(2)23-9-21-14-6-7-24(21)13-8-15(21)28-22(14)16(13)11(3)18(29-22)19-17(26-5)12(4)20(25)27-19/h10-11,13-16,23H,6-9H2,1-5H3/b19-18-/t11-,13-,14-,15-,16+,21-,22+/m0/s1. The first-order valence-electron chi connectivity index (χ1n) is 10.9. The molecule has 158 valence electrons. The molecule has 1 N–H and O–H groups in total. The summed E-state index contributed by atoms with van der Waals surface area (Å²) in [6.45, 7) is 10.4. The van der Waals surface area contributed by atoms with E-state index in [0.29, 0.717) is 35.1 Å². The van der Waals surface area contributed by atoms with Gasteiger partial charge in [0.15, 0.2) is 5.76 Å². The van der Waals surface area contributed by atoms with Gasteiger partial charge in [0.1, 0.15) is 5.76 Å². The predicted octanol–water partition coefficient (Wildman–Crippen LogP) is 1.90. The topological polar surface area (TPSA) is 69.3 Å². The van der Waals surface area contributed by atoms with Crippen LogP contribution in [0.4, 0.5) is 0 Å². The molecular formula is C22H30N2O5. The van der Waals surface area contributed by atoms with E-state index in [-0.39, 0.29) is 29.4 Å². The Hall–Kier alpha value is -1.57. The molecule has 0 aromatic carbocycles. The van der Waals surface area contributed by atoms with E-state index in [0.717, 1.165) is 31.7 Å². The van der Waals surface area contributed by atoms with E-state index in [1.54, 1.807) is 14.0 Å². The number of fused-ring (bicyclic) bond motifs is 1. The van der Waals surface area contributed by atoms with Crippen LogP contribution in [0.1, 0.15) is 40.5 Å². The lowest BCUT2D eigenvalue weighted by Gasteiger charge is -2.48.